The van der Waals surface area contributed by atoms with E-state index in [1.807, 2.05) is 44.2 Å². The second-order valence-corrected chi connectivity index (χ2v) is 9.24. The molecular weight excluding hydrogens is 330 g/mol. The first-order valence-corrected chi connectivity index (χ1v) is 10.2. The number of aryl methyl sites for hydroxylation is 1. The van der Waals surface area contributed by atoms with Crippen LogP contribution in [0.3, 0.4) is 0 Å². The van der Waals surface area contributed by atoms with E-state index in [9.17, 15) is 13.0 Å². The molecule has 0 saturated carbocycles. The third-order valence-electron chi connectivity index (χ3n) is 4.22. The van der Waals surface area contributed by atoms with E-state index in [-0.39, 0.29) is 16.9 Å². The molecule has 23 heavy (non-hydrogen) atoms. The predicted molar refractivity (Wildman–Crippen MR) is 91.9 cm³/mol. The van der Waals surface area contributed by atoms with E-state index in [2.05, 4.69) is 0 Å². The molecule has 1 aliphatic heterocycles. The van der Waals surface area contributed by atoms with Gasteiger partial charge in [0.05, 0.1) is 28.2 Å². The zero-order valence-electron chi connectivity index (χ0n) is 13.0. The van der Waals surface area contributed by atoms with Crippen molar-refractivity contribution in [3.63, 3.8) is 0 Å². The number of rotatable bonds is 3. The van der Waals surface area contributed by atoms with Crippen LogP contribution in [-0.4, -0.2) is 28.5 Å². The molecule has 6 heteroatoms. The quantitative estimate of drug-likeness (QED) is 0.801. The summed E-state index contributed by atoms with van der Waals surface area (Å²) in [6.45, 7) is 3.73. The maximum atomic E-state index is 12.9. The maximum absolute atomic E-state index is 12.9. The standard InChI is InChI=1S/C17H19NO3S2/c1-13-8-10-16(11-9-13)23(20,21)18-14(2)17(12-22(18)19)15-6-4-3-5-7-15/h3-11,14,17H,12H2,1-2H3/t14?,17-,22+/m1/s1. The first-order valence-electron chi connectivity index (χ1n) is 7.46. The summed E-state index contributed by atoms with van der Waals surface area (Å²) >= 11 is -1.55. The molecule has 1 aliphatic rings. The van der Waals surface area contributed by atoms with Crippen LogP contribution in [0.15, 0.2) is 59.5 Å². The molecule has 1 unspecified atom stereocenters. The highest BCUT2D eigenvalue weighted by atomic mass is 32.3. The van der Waals surface area contributed by atoms with E-state index in [0.717, 1.165) is 14.8 Å². The first-order chi connectivity index (χ1) is 10.9. The molecule has 0 radical (unpaired) electrons. The summed E-state index contributed by atoms with van der Waals surface area (Å²) in [4.78, 5) is 0.192. The second kappa shape index (κ2) is 6.28. The van der Waals surface area contributed by atoms with Gasteiger partial charge < -0.3 is 4.55 Å². The Morgan fingerprint density at radius 1 is 1.09 bits per heavy atom. The molecule has 0 amide bonds. The normalized spacial score (nSPS) is 25.6. The highest BCUT2D eigenvalue weighted by molar-refractivity contribution is 8.04. The summed E-state index contributed by atoms with van der Waals surface area (Å²) in [5.74, 6) is 0.272. The van der Waals surface area contributed by atoms with Crippen LogP contribution in [0.5, 0.6) is 0 Å². The molecule has 4 nitrogen and oxygen atoms in total. The number of hydrogen-bond donors (Lipinski definition) is 0. The average molecular weight is 349 g/mol. The zero-order chi connectivity index (χ0) is 16.6. The number of nitrogens with zero attached hydrogens (tertiary/aromatic N) is 1. The number of sulfonamides is 1. The minimum absolute atomic E-state index is 0.0581. The van der Waals surface area contributed by atoms with Crippen LogP contribution in [0.1, 0.15) is 24.0 Å². The Balaban J connectivity index is 1.95. The Kier molecular flexibility index (Phi) is 4.51. The molecule has 1 fully saturated rings. The molecule has 0 N–H and O–H groups in total. The fraction of sp³-hybridized carbons (Fsp3) is 0.294. The Morgan fingerprint density at radius 2 is 1.70 bits per heavy atom. The van der Waals surface area contributed by atoms with Crippen LogP contribution in [0.2, 0.25) is 0 Å². The van der Waals surface area contributed by atoms with Gasteiger partial charge in [0, 0.05) is 0 Å². The molecule has 0 aromatic heterocycles. The SMILES string of the molecule is Cc1ccc(S(=O)(=O)N2C(C)[C@H](c3ccccc3)C[S@+]2[O-])cc1. The molecule has 1 saturated heterocycles. The van der Waals surface area contributed by atoms with E-state index in [4.69, 9.17) is 0 Å². The van der Waals surface area contributed by atoms with Gasteiger partial charge in [0.25, 0.3) is 10.0 Å². The predicted octanol–water partition coefficient (Wildman–Crippen LogP) is 2.84. The molecule has 3 rings (SSSR count). The van der Waals surface area contributed by atoms with E-state index >= 15 is 0 Å². The third kappa shape index (κ3) is 3.04. The Morgan fingerprint density at radius 3 is 2.30 bits per heavy atom. The van der Waals surface area contributed by atoms with Crippen LogP contribution < -0.4 is 0 Å². The molecule has 2 aromatic carbocycles. The van der Waals surface area contributed by atoms with Gasteiger partial charge in [0.2, 0.25) is 0 Å². The van der Waals surface area contributed by atoms with Gasteiger partial charge >= 0.3 is 0 Å². The van der Waals surface area contributed by atoms with Crippen LogP contribution in [0, 0.1) is 6.92 Å². The van der Waals surface area contributed by atoms with Crippen molar-refractivity contribution in [2.45, 2.75) is 30.7 Å². The van der Waals surface area contributed by atoms with Gasteiger partial charge in [-0.1, -0.05) is 48.0 Å². The lowest BCUT2D eigenvalue weighted by molar-refractivity contribution is 0.444. The lowest BCUT2D eigenvalue weighted by atomic mass is 9.95. The fourth-order valence-electron chi connectivity index (χ4n) is 2.92. The van der Waals surface area contributed by atoms with E-state index in [1.54, 1.807) is 24.3 Å². The summed E-state index contributed by atoms with van der Waals surface area (Å²) in [5.41, 5.74) is 2.01. The van der Waals surface area contributed by atoms with Crippen molar-refractivity contribution >= 4 is 21.4 Å². The van der Waals surface area contributed by atoms with Gasteiger partial charge in [0.1, 0.15) is 5.75 Å². The van der Waals surface area contributed by atoms with Crippen LogP contribution >= 0.6 is 0 Å². The molecule has 3 atom stereocenters. The highest BCUT2D eigenvalue weighted by Gasteiger charge is 2.50. The minimum atomic E-state index is -3.76. The second-order valence-electron chi connectivity index (χ2n) is 5.82. The van der Waals surface area contributed by atoms with E-state index < -0.39 is 21.4 Å². The van der Waals surface area contributed by atoms with Gasteiger partial charge in [-0.15, -0.1) is 0 Å². The van der Waals surface area contributed by atoms with Crippen LogP contribution in [0.25, 0.3) is 0 Å². The maximum Gasteiger partial charge on any atom is 0.282 e. The smallest absolute Gasteiger partial charge is 0.282 e. The Hall–Kier alpha value is -1.34. The highest BCUT2D eigenvalue weighted by Crippen LogP contribution is 2.38. The van der Waals surface area contributed by atoms with Crippen molar-refractivity contribution in [3.05, 3.63) is 65.7 Å². The van der Waals surface area contributed by atoms with Gasteiger partial charge in [-0.3, -0.25) is 0 Å². The van der Waals surface area contributed by atoms with Crippen molar-refractivity contribution in [2.24, 2.45) is 0 Å². The summed E-state index contributed by atoms with van der Waals surface area (Å²) in [7, 11) is -3.76. The topological polar surface area (TPSA) is 60.4 Å². The van der Waals surface area contributed by atoms with Gasteiger partial charge in [-0.25, -0.2) is 8.42 Å². The Bertz CT molecular complexity index is 775. The third-order valence-corrected chi connectivity index (χ3v) is 8.36. The van der Waals surface area contributed by atoms with Gasteiger partial charge in [0.15, 0.2) is 0 Å². The van der Waals surface area contributed by atoms with Crippen molar-refractivity contribution in [3.8, 4) is 0 Å². The van der Waals surface area contributed by atoms with Crippen molar-refractivity contribution < 1.29 is 13.0 Å². The molecule has 2 aromatic rings. The van der Waals surface area contributed by atoms with E-state index in [0.29, 0.717) is 5.75 Å². The molecule has 0 aliphatic carbocycles. The van der Waals surface area contributed by atoms with Crippen molar-refractivity contribution in [1.29, 1.82) is 0 Å². The number of benzene rings is 2. The molecular formula is C17H19NO3S2. The molecule has 1 heterocycles. The molecule has 0 spiro atoms. The molecule has 0 bridgehead atoms. The average Bonchev–Trinajstić information content (AvgIpc) is 2.84. The summed E-state index contributed by atoms with van der Waals surface area (Å²) in [6.07, 6.45) is 0. The lowest BCUT2D eigenvalue weighted by Crippen LogP contribution is -2.38. The van der Waals surface area contributed by atoms with Crippen LogP contribution in [0.4, 0.5) is 0 Å². The summed E-state index contributed by atoms with van der Waals surface area (Å²) in [5, 5.41) is 0. The molecule has 122 valence electrons. The largest absolute Gasteiger partial charge is 0.597 e. The number of hydrogen-bond acceptors (Lipinski definition) is 3. The Labute approximate surface area is 140 Å². The fourth-order valence-corrected chi connectivity index (χ4v) is 6.95. The van der Waals surface area contributed by atoms with Crippen molar-refractivity contribution in [1.82, 2.24) is 3.71 Å². The first kappa shape index (κ1) is 16.5. The lowest BCUT2D eigenvalue weighted by Gasteiger charge is -2.21. The van der Waals surface area contributed by atoms with Gasteiger partial charge in [-0.05, 0) is 35.3 Å². The monoisotopic (exact) mass is 349 g/mol. The van der Waals surface area contributed by atoms with Crippen molar-refractivity contribution in [2.75, 3.05) is 5.75 Å². The zero-order valence-corrected chi connectivity index (χ0v) is 14.7. The summed E-state index contributed by atoms with van der Waals surface area (Å²) in [6, 6.07) is 16.0. The van der Waals surface area contributed by atoms with Crippen LogP contribution in [-0.2, 0) is 21.4 Å². The van der Waals surface area contributed by atoms with E-state index in [1.165, 1.54) is 0 Å². The van der Waals surface area contributed by atoms with Gasteiger partial charge in [-0.2, -0.15) is 0 Å². The minimum Gasteiger partial charge on any atom is -0.597 e. The summed E-state index contributed by atoms with van der Waals surface area (Å²) < 4.78 is 39.4.